The molecule has 82 valence electrons. The van der Waals surface area contributed by atoms with E-state index in [1.807, 2.05) is 31.6 Å². The zero-order valence-electron chi connectivity index (χ0n) is 9.81. The van der Waals surface area contributed by atoms with Crippen LogP contribution in [0, 0.1) is 13.8 Å². The molecule has 0 radical (unpaired) electrons. The molecule has 2 rings (SSSR count). The van der Waals surface area contributed by atoms with Crippen molar-refractivity contribution in [1.29, 1.82) is 0 Å². The summed E-state index contributed by atoms with van der Waals surface area (Å²) >= 11 is 0. The summed E-state index contributed by atoms with van der Waals surface area (Å²) in [6.07, 6.45) is 5.48. The molecule has 2 aromatic heterocycles. The zero-order valence-corrected chi connectivity index (χ0v) is 9.81. The molecule has 0 N–H and O–H groups in total. The molecule has 0 atom stereocenters. The SMILES string of the molecule is Cc1ccncc1N(C)c1ncccc1C. The van der Waals surface area contributed by atoms with Crippen LogP contribution < -0.4 is 4.90 Å². The van der Waals surface area contributed by atoms with E-state index >= 15 is 0 Å². The summed E-state index contributed by atoms with van der Waals surface area (Å²) in [5, 5.41) is 0. The first kappa shape index (κ1) is 10.6. The van der Waals surface area contributed by atoms with Gasteiger partial charge in [-0.1, -0.05) is 6.07 Å². The Morgan fingerprint density at radius 2 is 1.88 bits per heavy atom. The summed E-state index contributed by atoms with van der Waals surface area (Å²) in [7, 11) is 2.01. The van der Waals surface area contributed by atoms with Gasteiger partial charge in [0.25, 0.3) is 0 Å². The van der Waals surface area contributed by atoms with Crippen molar-refractivity contribution in [1.82, 2.24) is 9.97 Å². The van der Waals surface area contributed by atoms with Crippen molar-refractivity contribution in [2.24, 2.45) is 0 Å². The van der Waals surface area contributed by atoms with E-state index in [9.17, 15) is 0 Å². The summed E-state index contributed by atoms with van der Waals surface area (Å²) < 4.78 is 0. The number of nitrogens with zero attached hydrogens (tertiary/aromatic N) is 3. The molecule has 0 unspecified atom stereocenters. The van der Waals surface area contributed by atoms with Gasteiger partial charge >= 0.3 is 0 Å². The van der Waals surface area contributed by atoms with E-state index in [1.54, 1.807) is 6.20 Å². The lowest BCUT2D eigenvalue weighted by Crippen LogP contribution is -2.13. The normalized spacial score (nSPS) is 10.2. The van der Waals surface area contributed by atoms with E-state index < -0.39 is 0 Å². The Bertz CT molecular complexity index is 449. The second-order valence-electron chi connectivity index (χ2n) is 3.87. The second-order valence-corrected chi connectivity index (χ2v) is 3.87. The first-order chi connectivity index (χ1) is 7.70. The Morgan fingerprint density at radius 3 is 2.56 bits per heavy atom. The van der Waals surface area contributed by atoms with Gasteiger partial charge in [0.05, 0.1) is 11.9 Å². The first-order valence-corrected chi connectivity index (χ1v) is 5.26. The predicted octanol–water partition coefficient (Wildman–Crippen LogP) is 2.86. The Kier molecular flexibility index (Phi) is 2.86. The first-order valence-electron chi connectivity index (χ1n) is 5.26. The summed E-state index contributed by atoms with van der Waals surface area (Å²) in [4.78, 5) is 10.6. The average molecular weight is 213 g/mol. The van der Waals surface area contributed by atoms with E-state index in [4.69, 9.17) is 0 Å². The van der Waals surface area contributed by atoms with Crippen LogP contribution in [0.3, 0.4) is 0 Å². The van der Waals surface area contributed by atoms with E-state index in [0.29, 0.717) is 0 Å². The molecular weight excluding hydrogens is 198 g/mol. The van der Waals surface area contributed by atoms with Gasteiger partial charge in [-0.3, -0.25) is 4.98 Å². The standard InChI is InChI=1S/C13H15N3/c1-10-6-8-14-9-12(10)16(3)13-11(2)5-4-7-15-13/h4-9H,1-3H3. The molecule has 0 aliphatic carbocycles. The molecule has 0 saturated heterocycles. The van der Waals surface area contributed by atoms with Crippen molar-refractivity contribution >= 4 is 11.5 Å². The Balaban J connectivity index is 2.44. The minimum absolute atomic E-state index is 0.971. The van der Waals surface area contributed by atoms with Crippen LogP contribution in [-0.4, -0.2) is 17.0 Å². The fraction of sp³-hybridized carbons (Fsp3) is 0.231. The zero-order chi connectivity index (χ0) is 11.5. The molecule has 0 amide bonds. The smallest absolute Gasteiger partial charge is 0.135 e. The van der Waals surface area contributed by atoms with Crippen molar-refractivity contribution in [2.75, 3.05) is 11.9 Å². The highest BCUT2D eigenvalue weighted by molar-refractivity contribution is 5.63. The highest BCUT2D eigenvalue weighted by atomic mass is 15.2. The third kappa shape index (κ3) is 1.89. The highest BCUT2D eigenvalue weighted by Gasteiger charge is 2.09. The quantitative estimate of drug-likeness (QED) is 0.768. The maximum atomic E-state index is 4.39. The number of rotatable bonds is 2. The lowest BCUT2D eigenvalue weighted by atomic mass is 10.2. The fourth-order valence-electron chi connectivity index (χ4n) is 1.75. The van der Waals surface area contributed by atoms with Gasteiger partial charge in [0, 0.05) is 19.4 Å². The van der Waals surface area contributed by atoms with Gasteiger partial charge < -0.3 is 4.90 Å². The maximum Gasteiger partial charge on any atom is 0.135 e. The molecule has 0 spiro atoms. The summed E-state index contributed by atoms with van der Waals surface area (Å²) in [5.74, 6) is 0.971. The van der Waals surface area contributed by atoms with Gasteiger partial charge in [-0.2, -0.15) is 0 Å². The molecular formula is C13H15N3. The molecule has 0 bridgehead atoms. The second kappa shape index (κ2) is 4.31. The van der Waals surface area contributed by atoms with Gasteiger partial charge in [0.1, 0.15) is 5.82 Å². The summed E-state index contributed by atoms with van der Waals surface area (Å²) in [6, 6.07) is 6.01. The van der Waals surface area contributed by atoms with Crippen molar-refractivity contribution in [2.45, 2.75) is 13.8 Å². The monoisotopic (exact) mass is 213 g/mol. The molecule has 0 aliphatic heterocycles. The molecule has 0 fully saturated rings. The molecule has 3 heteroatoms. The van der Waals surface area contributed by atoms with Crippen molar-refractivity contribution < 1.29 is 0 Å². The van der Waals surface area contributed by atoms with Crippen LogP contribution in [0.15, 0.2) is 36.8 Å². The Labute approximate surface area is 95.8 Å². The molecule has 3 nitrogen and oxygen atoms in total. The lowest BCUT2D eigenvalue weighted by Gasteiger charge is -2.21. The van der Waals surface area contributed by atoms with Gasteiger partial charge in [-0.05, 0) is 37.1 Å². The molecule has 0 saturated carbocycles. The molecule has 2 aromatic rings. The van der Waals surface area contributed by atoms with Crippen LogP contribution in [0.25, 0.3) is 0 Å². The van der Waals surface area contributed by atoms with E-state index in [2.05, 4.69) is 34.8 Å². The minimum Gasteiger partial charge on any atom is -0.328 e. The average Bonchev–Trinajstić information content (AvgIpc) is 2.29. The van der Waals surface area contributed by atoms with Crippen LogP contribution >= 0.6 is 0 Å². The van der Waals surface area contributed by atoms with E-state index in [-0.39, 0.29) is 0 Å². The fourth-order valence-corrected chi connectivity index (χ4v) is 1.75. The molecule has 2 heterocycles. The number of anilines is 2. The topological polar surface area (TPSA) is 29.0 Å². The maximum absolute atomic E-state index is 4.39. The van der Waals surface area contributed by atoms with E-state index in [1.165, 1.54) is 5.56 Å². The summed E-state index contributed by atoms with van der Waals surface area (Å²) in [5.41, 5.74) is 3.44. The predicted molar refractivity (Wildman–Crippen MR) is 66.0 cm³/mol. The Hall–Kier alpha value is -1.90. The van der Waals surface area contributed by atoms with Crippen molar-refractivity contribution in [3.8, 4) is 0 Å². The largest absolute Gasteiger partial charge is 0.328 e. The highest BCUT2D eigenvalue weighted by Crippen LogP contribution is 2.25. The number of hydrogen-bond acceptors (Lipinski definition) is 3. The van der Waals surface area contributed by atoms with Crippen LogP contribution in [-0.2, 0) is 0 Å². The number of aryl methyl sites for hydroxylation is 2. The van der Waals surface area contributed by atoms with Crippen molar-refractivity contribution in [3.05, 3.63) is 47.9 Å². The van der Waals surface area contributed by atoms with Gasteiger partial charge in [-0.25, -0.2) is 4.98 Å². The molecule has 0 aromatic carbocycles. The van der Waals surface area contributed by atoms with Crippen LogP contribution in [0.2, 0.25) is 0 Å². The minimum atomic E-state index is 0.971. The number of pyridine rings is 2. The third-order valence-corrected chi connectivity index (χ3v) is 2.67. The molecule has 16 heavy (non-hydrogen) atoms. The number of aromatic nitrogens is 2. The number of hydrogen-bond donors (Lipinski definition) is 0. The van der Waals surface area contributed by atoms with Crippen LogP contribution in [0.4, 0.5) is 11.5 Å². The van der Waals surface area contributed by atoms with E-state index in [0.717, 1.165) is 17.1 Å². The van der Waals surface area contributed by atoms with Crippen LogP contribution in [0.1, 0.15) is 11.1 Å². The Morgan fingerprint density at radius 1 is 1.06 bits per heavy atom. The van der Waals surface area contributed by atoms with Gasteiger partial charge in [-0.15, -0.1) is 0 Å². The van der Waals surface area contributed by atoms with Crippen molar-refractivity contribution in [3.63, 3.8) is 0 Å². The van der Waals surface area contributed by atoms with Crippen LogP contribution in [0.5, 0.6) is 0 Å². The molecule has 0 aliphatic rings. The lowest BCUT2D eigenvalue weighted by molar-refractivity contribution is 1.08. The summed E-state index contributed by atoms with van der Waals surface area (Å²) in [6.45, 7) is 4.14. The van der Waals surface area contributed by atoms with Gasteiger partial charge in [0.15, 0.2) is 0 Å². The third-order valence-electron chi connectivity index (χ3n) is 2.67. The van der Waals surface area contributed by atoms with Gasteiger partial charge in [0.2, 0.25) is 0 Å².